The fourth-order valence-corrected chi connectivity index (χ4v) is 3.58. The molecule has 2 aromatic carbocycles. The molecule has 134 valence electrons. The van der Waals surface area contributed by atoms with E-state index in [2.05, 4.69) is 0 Å². The van der Waals surface area contributed by atoms with Gasteiger partial charge in [-0.1, -0.05) is 48.5 Å². The first-order chi connectivity index (χ1) is 13.0. The number of fused-ring (bicyclic) bond motifs is 1. The number of furan rings is 1. The molecule has 0 spiro atoms. The number of carbonyl (C=O) groups is 1. The van der Waals surface area contributed by atoms with Gasteiger partial charge >= 0.3 is 11.9 Å². The fourth-order valence-electron chi connectivity index (χ4n) is 3.58. The first kappa shape index (κ1) is 16.8. The Balaban J connectivity index is 1.86. The van der Waals surface area contributed by atoms with Crippen LogP contribution in [0, 0.1) is 10.1 Å². The smallest absolute Gasteiger partial charge is 0.433 e. The maximum absolute atomic E-state index is 11.2. The highest BCUT2D eigenvalue weighted by Crippen LogP contribution is 2.43. The molecule has 27 heavy (non-hydrogen) atoms. The molecule has 0 saturated heterocycles. The molecule has 1 aromatic heterocycles. The quantitative estimate of drug-likeness (QED) is 0.548. The third-order valence-corrected chi connectivity index (χ3v) is 4.93. The van der Waals surface area contributed by atoms with E-state index in [4.69, 9.17) is 9.52 Å². The summed E-state index contributed by atoms with van der Waals surface area (Å²) in [6.45, 7) is 0. The van der Waals surface area contributed by atoms with Crippen molar-refractivity contribution in [1.29, 1.82) is 0 Å². The zero-order chi connectivity index (χ0) is 19.0. The highest BCUT2D eigenvalue weighted by Gasteiger charge is 2.37. The minimum Gasteiger partial charge on any atom is -0.478 e. The maximum atomic E-state index is 11.2. The number of benzene rings is 2. The van der Waals surface area contributed by atoms with Gasteiger partial charge < -0.3 is 9.52 Å². The average Bonchev–Trinajstić information content (AvgIpc) is 3.12. The van der Waals surface area contributed by atoms with Crippen molar-refractivity contribution in [3.8, 4) is 0 Å². The summed E-state index contributed by atoms with van der Waals surface area (Å²) in [6, 6.07) is 18.0. The molecule has 3 aromatic rings. The van der Waals surface area contributed by atoms with Gasteiger partial charge in [-0.25, -0.2) is 4.79 Å². The molecule has 6 heteroatoms. The van der Waals surface area contributed by atoms with E-state index >= 15 is 0 Å². The third kappa shape index (κ3) is 2.81. The molecular weight excluding hydrogens is 346 g/mol. The van der Waals surface area contributed by atoms with Crippen LogP contribution < -0.4 is 0 Å². The Morgan fingerprint density at radius 3 is 2.37 bits per heavy atom. The summed E-state index contributed by atoms with van der Waals surface area (Å²) in [5, 5.41) is 20.2. The molecule has 1 aliphatic carbocycles. The molecule has 1 atom stereocenters. The lowest BCUT2D eigenvalue weighted by molar-refractivity contribution is -0.402. The summed E-state index contributed by atoms with van der Waals surface area (Å²) >= 11 is 0. The van der Waals surface area contributed by atoms with Crippen LogP contribution >= 0.6 is 0 Å². The zero-order valence-corrected chi connectivity index (χ0v) is 14.2. The van der Waals surface area contributed by atoms with E-state index in [0.29, 0.717) is 12.2 Å². The second-order valence-electron chi connectivity index (χ2n) is 6.46. The van der Waals surface area contributed by atoms with E-state index in [-0.39, 0.29) is 11.4 Å². The number of carboxylic acids is 1. The summed E-state index contributed by atoms with van der Waals surface area (Å²) in [5.74, 6) is -0.785. The van der Waals surface area contributed by atoms with Crippen LogP contribution in [-0.2, 0) is 11.8 Å². The van der Waals surface area contributed by atoms with Crippen molar-refractivity contribution in [3.63, 3.8) is 0 Å². The maximum Gasteiger partial charge on any atom is 0.433 e. The van der Waals surface area contributed by atoms with E-state index in [9.17, 15) is 14.9 Å². The van der Waals surface area contributed by atoms with Gasteiger partial charge in [0.15, 0.2) is 0 Å². The van der Waals surface area contributed by atoms with Gasteiger partial charge in [0.05, 0.1) is 11.6 Å². The molecule has 1 N–H and O–H groups in total. The van der Waals surface area contributed by atoms with Crippen molar-refractivity contribution in [2.24, 2.45) is 0 Å². The van der Waals surface area contributed by atoms with Crippen molar-refractivity contribution in [1.82, 2.24) is 0 Å². The SMILES string of the molecule is O=C(O)c1ccc(C2(c3ccccc3)C=Cc3oc([N+](=O)[O-])cc3C2)cc1. The number of nitrogens with zero attached hydrogens (tertiary/aromatic N) is 1. The summed E-state index contributed by atoms with van der Waals surface area (Å²) in [4.78, 5) is 21.7. The largest absolute Gasteiger partial charge is 0.478 e. The molecule has 0 radical (unpaired) electrons. The number of carboxylic acid groups (broad SMARTS) is 1. The molecule has 1 aliphatic rings. The van der Waals surface area contributed by atoms with E-state index < -0.39 is 16.3 Å². The van der Waals surface area contributed by atoms with Crippen molar-refractivity contribution in [2.45, 2.75) is 11.8 Å². The van der Waals surface area contributed by atoms with Crippen LogP contribution in [0.1, 0.15) is 32.8 Å². The molecule has 0 aliphatic heterocycles. The summed E-state index contributed by atoms with van der Waals surface area (Å²) < 4.78 is 5.32. The Kier molecular flexibility index (Phi) is 3.88. The van der Waals surface area contributed by atoms with Gasteiger partial charge in [-0.05, 0) is 35.8 Å². The van der Waals surface area contributed by atoms with Crippen molar-refractivity contribution >= 4 is 17.9 Å². The van der Waals surface area contributed by atoms with Crippen LogP contribution in [0.25, 0.3) is 6.08 Å². The van der Waals surface area contributed by atoms with Gasteiger partial charge in [0, 0.05) is 11.0 Å². The molecule has 4 rings (SSSR count). The zero-order valence-electron chi connectivity index (χ0n) is 14.2. The van der Waals surface area contributed by atoms with Crippen LogP contribution in [0.15, 0.2) is 71.2 Å². The van der Waals surface area contributed by atoms with Gasteiger partial charge in [0.2, 0.25) is 0 Å². The molecular formula is C21H15NO5. The predicted octanol–water partition coefficient (Wildman–Crippen LogP) is 4.44. The van der Waals surface area contributed by atoms with Gasteiger partial charge in [-0.2, -0.15) is 0 Å². The molecule has 1 heterocycles. The van der Waals surface area contributed by atoms with Crippen LogP contribution in [-0.4, -0.2) is 16.0 Å². The highest BCUT2D eigenvalue weighted by atomic mass is 16.6. The lowest BCUT2D eigenvalue weighted by atomic mass is 9.68. The topological polar surface area (TPSA) is 93.6 Å². The standard InChI is InChI=1S/C21H15NO5/c23-20(24)14-6-8-17(9-7-14)21(16-4-2-1-3-5-16)11-10-18-15(13-21)12-19(27-18)22(25)26/h1-12H,13H2,(H,23,24). The number of allylic oxidation sites excluding steroid dienone is 1. The molecule has 0 fully saturated rings. The lowest BCUT2D eigenvalue weighted by Gasteiger charge is -2.34. The van der Waals surface area contributed by atoms with Crippen LogP contribution in [0.4, 0.5) is 5.88 Å². The van der Waals surface area contributed by atoms with Gasteiger partial charge in [-0.3, -0.25) is 10.1 Å². The first-order valence-electron chi connectivity index (χ1n) is 8.35. The van der Waals surface area contributed by atoms with Crippen LogP contribution in [0.3, 0.4) is 0 Å². The van der Waals surface area contributed by atoms with Gasteiger partial charge in [0.25, 0.3) is 0 Å². The Morgan fingerprint density at radius 1 is 1.07 bits per heavy atom. The summed E-state index contributed by atoms with van der Waals surface area (Å²) in [7, 11) is 0. The highest BCUT2D eigenvalue weighted by molar-refractivity contribution is 5.87. The Labute approximate surface area is 154 Å². The average molecular weight is 361 g/mol. The number of aromatic carboxylic acids is 1. The Morgan fingerprint density at radius 2 is 1.74 bits per heavy atom. The molecule has 6 nitrogen and oxygen atoms in total. The Hall–Kier alpha value is -3.67. The predicted molar refractivity (Wildman–Crippen MR) is 98.7 cm³/mol. The monoisotopic (exact) mass is 361 g/mol. The van der Waals surface area contributed by atoms with Crippen molar-refractivity contribution < 1.29 is 19.2 Å². The van der Waals surface area contributed by atoms with Gasteiger partial charge in [-0.15, -0.1) is 0 Å². The van der Waals surface area contributed by atoms with E-state index in [1.54, 1.807) is 30.3 Å². The molecule has 0 bridgehead atoms. The minimum absolute atomic E-state index is 0.210. The summed E-state index contributed by atoms with van der Waals surface area (Å²) in [5.41, 5.74) is 2.31. The Bertz CT molecular complexity index is 1050. The number of rotatable bonds is 4. The number of hydrogen-bond acceptors (Lipinski definition) is 4. The first-order valence-corrected chi connectivity index (χ1v) is 8.35. The van der Waals surface area contributed by atoms with E-state index in [0.717, 1.165) is 16.7 Å². The number of nitro groups is 1. The van der Waals surface area contributed by atoms with E-state index in [1.807, 2.05) is 36.4 Å². The van der Waals surface area contributed by atoms with E-state index in [1.165, 1.54) is 6.07 Å². The third-order valence-electron chi connectivity index (χ3n) is 4.93. The van der Waals surface area contributed by atoms with Crippen molar-refractivity contribution in [3.05, 3.63) is 105 Å². The molecule has 0 saturated carbocycles. The summed E-state index contributed by atoms with van der Waals surface area (Å²) in [6.07, 6.45) is 4.20. The minimum atomic E-state index is -0.984. The second-order valence-corrected chi connectivity index (χ2v) is 6.46. The van der Waals surface area contributed by atoms with Gasteiger partial charge in [0.1, 0.15) is 10.7 Å². The second kappa shape index (κ2) is 6.25. The van der Waals surface area contributed by atoms with Crippen molar-refractivity contribution in [2.75, 3.05) is 0 Å². The molecule has 0 amide bonds. The fraction of sp³-hybridized carbons (Fsp3) is 0.0952. The lowest BCUT2D eigenvalue weighted by Crippen LogP contribution is -2.30. The van der Waals surface area contributed by atoms with Crippen LogP contribution in [0.5, 0.6) is 0 Å². The molecule has 1 unspecified atom stereocenters. The van der Waals surface area contributed by atoms with Crippen LogP contribution in [0.2, 0.25) is 0 Å². The number of hydrogen-bond donors (Lipinski definition) is 1. The normalized spacial score (nSPS) is 18.1.